The molecule has 1 aromatic carbocycles. The largest absolute Gasteiger partial charge is 0.352 e. The molecule has 1 rings (SSSR count). The lowest BCUT2D eigenvalue weighted by Crippen LogP contribution is -2.26. The SMILES string of the molecule is C=CCNS(=O)(=O)c1cccc(C(=O)NCCCCC)c1. The highest BCUT2D eigenvalue weighted by atomic mass is 32.2. The lowest BCUT2D eigenvalue weighted by atomic mass is 10.2. The molecule has 1 aromatic rings. The summed E-state index contributed by atoms with van der Waals surface area (Å²) < 4.78 is 26.3. The van der Waals surface area contributed by atoms with Crippen LogP contribution in [-0.4, -0.2) is 27.4 Å². The minimum absolute atomic E-state index is 0.0746. The van der Waals surface area contributed by atoms with Crippen LogP contribution in [0.15, 0.2) is 41.8 Å². The quantitative estimate of drug-likeness (QED) is 0.541. The summed E-state index contributed by atoms with van der Waals surface area (Å²) in [5, 5.41) is 2.79. The minimum Gasteiger partial charge on any atom is -0.352 e. The predicted octanol–water partition coefficient (Wildman–Crippen LogP) is 2.07. The Morgan fingerprint density at radius 3 is 2.76 bits per heavy atom. The molecule has 0 unspecified atom stereocenters. The molecule has 21 heavy (non-hydrogen) atoms. The van der Waals surface area contributed by atoms with Gasteiger partial charge in [-0.3, -0.25) is 4.79 Å². The van der Waals surface area contributed by atoms with Gasteiger partial charge in [0.15, 0.2) is 0 Å². The van der Waals surface area contributed by atoms with Crippen LogP contribution in [0, 0.1) is 0 Å². The van der Waals surface area contributed by atoms with Crippen molar-refractivity contribution in [1.82, 2.24) is 10.0 Å². The van der Waals surface area contributed by atoms with E-state index in [9.17, 15) is 13.2 Å². The van der Waals surface area contributed by atoms with Crippen LogP contribution in [0.2, 0.25) is 0 Å². The van der Waals surface area contributed by atoms with Gasteiger partial charge in [-0.1, -0.05) is 31.9 Å². The van der Waals surface area contributed by atoms with Gasteiger partial charge < -0.3 is 5.32 Å². The summed E-state index contributed by atoms with van der Waals surface area (Å²) in [6, 6.07) is 5.99. The standard InChI is InChI=1S/C15H22N2O3S/c1-3-5-6-11-16-15(18)13-8-7-9-14(12-13)21(19,20)17-10-4-2/h4,7-9,12,17H,2-3,5-6,10-11H2,1H3,(H,16,18). The van der Waals surface area contributed by atoms with Crippen molar-refractivity contribution in [1.29, 1.82) is 0 Å². The highest BCUT2D eigenvalue weighted by Gasteiger charge is 2.15. The molecule has 0 atom stereocenters. The monoisotopic (exact) mass is 310 g/mol. The normalized spacial score (nSPS) is 11.1. The van der Waals surface area contributed by atoms with Gasteiger partial charge in [0.25, 0.3) is 5.91 Å². The van der Waals surface area contributed by atoms with Crippen molar-refractivity contribution >= 4 is 15.9 Å². The first-order valence-corrected chi connectivity index (χ1v) is 8.48. The zero-order chi connectivity index (χ0) is 15.7. The molecule has 2 N–H and O–H groups in total. The minimum atomic E-state index is -3.61. The number of carbonyl (C=O) groups is 1. The maximum atomic E-state index is 12.0. The first-order valence-electron chi connectivity index (χ1n) is 7.00. The van der Waals surface area contributed by atoms with Crippen LogP contribution < -0.4 is 10.0 Å². The van der Waals surface area contributed by atoms with Crippen molar-refractivity contribution in [3.63, 3.8) is 0 Å². The van der Waals surface area contributed by atoms with Gasteiger partial charge in [0, 0.05) is 18.7 Å². The average Bonchev–Trinajstić information content (AvgIpc) is 2.49. The molecule has 0 spiro atoms. The molecule has 0 saturated heterocycles. The van der Waals surface area contributed by atoms with E-state index in [4.69, 9.17) is 0 Å². The van der Waals surface area contributed by atoms with E-state index in [0.717, 1.165) is 19.3 Å². The third-order valence-corrected chi connectivity index (χ3v) is 4.31. The van der Waals surface area contributed by atoms with Crippen molar-refractivity contribution in [2.24, 2.45) is 0 Å². The zero-order valence-electron chi connectivity index (χ0n) is 12.3. The molecule has 0 aliphatic heterocycles. The summed E-state index contributed by atoms with van der Waals surface area (Å²) in [5.74, 6) is -0.258. The maximum Gasteiger partial charge on any atom is 0.251 e. The first-order chi connectivity index (χ1) is 10.0. The molecule has 0 bridgehead atoms. The first kappa shape index (κ1) is 17.4. The Morgan fingerprint density at radius 2 is 2.10 bits per heavy atom. The van der Waals surface area contributed by atoms with Crippen LogP contribution in [-0.2, 0) is 10.0 Å². The lowest BCUT2D eigenvalue weighted by molar-refractivity contribution is 0.0952. The number of hydrogen-bond acceptors (Lipinski definition) is 3. The number of unbranched alkanes of at least 4 members (excludes halogenated alkanes) is 2. The van der Waals surface area contributed by atoms with Gasteiger partial charge in [0.05, 0.1) is 4.90 Å². The number of benzene rings is 1. The second-order valence-corrected chi connectivity index (χ2v) is 6.40. The van der Waals surface area contributed by atoms with Crippen molar-refractivity contribution in [2.75, 3.05) is 13.1 Å². The van der Waals surface area contributed by atoms with E-state index in [0.29, 0.717) is 12.1 Å². The van der Waals surface area contributed by atoms with Crippen LogP contribution in [0.5, 0.6) is 0 Å². The summed E-state index contributed by atoms with van der Waals surface area (Å²) in [7, 11) is -3.61. The summed E-state index contributed by atoms with van der Waals surface area (Å²) >= 11 is 0. The van der Waals surface area contributed by atoms with E-state index in [2.05, 4.69) is 23.5 Å². The Hall–Kier alpha value is -1.66. The molecule has 0 heterocycles. The second-order valence-electron chi connectivity index (χ2n) is 4.63. The van der Waals surface area contributed by atoms with Gasteiger partial charge >= 0.3 is 0 Å². The van der Waals surface area contributed by atoms with Gasteiger partial charge in [0.2, 0.25) is 10.0 Å². The number of carbonyl (C=O) groups excluding carboxylic acids is 1. The van der Waals surface area contributed by atoms with Crippen LogP contribution in [0.4, 0.5) is 0 Å². The summed E-state index contributed by atoms with van der Waals surface area (Å²) in [4.78, 5) is 12.0. The Bertz CT molecular complexity index is 582. The van der Waals surface area contributed by atoms with E-state index in [-0.39, 0.29) is 17.3 Å². The van der Waals surface area contributed by atoms with E-state index < -0.39 is 10.0 Å². The van der Waals surface area contributed by atoms with Crippen LogP contribution in [0.25, 0.3) is 0 Å². The molecule has 0 aromatic heterocycles. The van der Waals surface area contributed by atoms with Gasteiger partial charge in [0.1, 0.15) is 0 Å². The molecule has 116 valence electrons. The van der Waals surface area contributed by atoms with E-state index in [1.165, 1.54) is 18.2 Å². The van der Waals surface area contributed by atoms with Gasteiger partial charge in [-0.2, -0.15) is 0 Å². The number of sulfonamides is 1. The second kappa shape index (κ2) is 8.59. The van der Waals surface area contributed by atoms with Gasteiger partial charge in [-0.05, 0) is 24.6 Å². The van der Waals surface area contributed by atoms with Crippen LogP contribution in [0.3, 0.4) is 0 Å². The lowest BCUT2D eigenvalue weighted by Gasteiger charge is -2.08. The molecule has 0 aliphatic carbocycles. The fourth-order valence-corrected chi connectivity index (χ4v) is 2.78. The molecule has 0 saturated carbocycles. The molecule has 6 heteroatoms. The summed E-state index contributed by atoms with van der Waals surface area (Å²) in [5.41, 5.74) is 0.341. The van der Waals surface area contributed by atoms with Crippen LogP contribution >= 0.6 is 0 Å². The fourth-order valence-electron chi connectivity index (χ4n) is 1.74. The van der Waals surface area contributed by atoms with E-state index in [1.54, 1.807) is 12.1 Å². The topological polar surface area (TPSA) is 75.3 Å². The molecular weight excluding hydrogens is 288 g/mol. The highest BCUT2D eigenvalue weighted by Crippen LogP contribution is 2.11. The van der Waals surface area contributed by atoms with Gasteiger partial charge in [-0.15, -0.1) is 6.58 Å². The molecule has 0 aliphatic rings. The van der Waals surface area contributed by atoms with Crippen molar-refractivity contribution in [3.8, 4) is 0 Å². The molecule has 0 fully saturated rings. The third-order valence-electron chi connectivity index (χ3n) is 2.89. The third kappa shape index (κ3) is 5.69. The van der Waals surface area contributed by atoms with Gasteiger partial charge in [-0.25, -0.2) is 13.1 Å². The Labute approximate surface area is 126 Å². The molecule has 5 nitrogen and oxygen atoms in total. The number of rotatable bonds is 9. The van der Waals surface area contributed by atoms with E-state index >= 15 is 0 Å². The number of amides is 1. The Balaban J connectivity index is 2.76. The molecule has 0 radical (unpaired) electrons. The van der Waals surface area contributed by atoms with Crippen molar-refractivity contribution < 1.29 is 13.2 Å². The maximum absolute atomic E-state index is 12.0. The smallest absolute Gasteiger partial charge is 0.251 e. The fraction of sp³-hybridized carbons (Fsp3) is 0.400. The zero-order valence-corrected chi connectivity index (χ0v) is 13.1. The summed E-state index contributed by atoms with van der Waals surface area (Å²) in [6.45, 7) is 6.29. The summed E-state index contributed by atoms with van der Waals surface area (Å²) in [6.07, 6.45) is 4.52. The predicted molar refractivity (Wildman–Crippen MR) is 83.7 cm³/mol. The van der Waals surface area contributed by atoms with Crippen molar-refractivity contribution in [3.05, 3.63) is 42.5 Å². The van der Waals surface area contributed by atoms with Crippen molar-refractivity contribution in [2.45, 2.75) is 31.1 Å². The number of nitrogens with one attached hydrogen (secondary N) is 2. The average molecular weight is 310 g/mol. The molecule has 1 amide bonds. The highest BCUT2D eigenvalue weighted by molar-refractivity contribution is 7.89. The van der Waals surface area contributed by atoms with Crippen LogP contribution in [0.1, 0.15) is 36.5 Å². The Kier molecular flexibility index (Phi) is 7.11. The van der Waals surface area contributed by atoms with E-state index in [1.807, 2.05) is 0 Å². The molecular formula is C15H22N2O3S. The number of hydrogen-bond donors (Lipinski definition) is 2. The Morgan fingerprint density at radius 1 is 1.33 bits per heavy atom.